The van der Waals surface area contributed by atoms with Crippen molar-refractivity contribution in [3.05, 3.63) is 24.5 Å². The van der Waals surface area contributed by atoms with Gasteiger partial charge in [0.1, 0.15) is 11.5 Å². The van der Waals surface area contributed by atoms with Gasteiger partial charge in [-0.2, -0.15) is 8.75 Å². The maximum absolute atomic E-state index is 11.9. The second-order valence-electron chi connectivity index (χ2n) is 8.64. The molecule has 0 N–H and O–H groups in total. The summed E-state index contributed by atoms with van der Waals surface area (Å²) in [6.45, 7) is 8.08. The standard InChI is InChI=1S/C21H28N6O2S.CH4/c1-2-29-20(28)27-14-21(15-27)6-5-16(12-21)25-8-10-26(11-9-25)19-17(4-3-7-22-19)18-13-23-30-24-18;/h3-4,7,13,16H,2,5-6,8-12,14-15H2,1H3;1H4. The van der Waals surface area contributed by atoms with Gasteiger partial charge >= 0.3 is 6.09 Å². The molecule has 1 unspecified atom stereocenters. The average molecular weight is 445 g/mol. The summed E-state index contributed by atoms with van der Waals surface area (Å²) in [7, 11) is 0. The van der Waals surface area contributed by atoms with Gasteiger partial charge in [0.05, 0.1) is 24.5 Å². The topological polar surface area (TPSA) is 74.7 Å². The summed E-state index contributed by atoms with van der Waals surface area (Å²) in [5.41, 5.74) is 2.29. The van der Waals surface area contributed by atoms with E-state index < -0.39 is 0 Å². The van der Waals surface area contributed by atoms with Crippen LogP contribution in [0, 0.1) is 5.41 Å². The molecule has 9 heteroatoms. The summed E-state index contributed by atoms with van der Waals surface area (Å²) in [6.07, 6.45) is 7.17. The number of amides is 1. The van der Waals surface area contributed by atoms with Crippen molar-refractivity contribution < 1.29 is 9.53 Å². The Morgan fingerprint density at radius 2 is 2.10 bits per heavy atom. The minimum Gasteiger partial charge on any atom is -0.450 e. The fourth-order valence-corrected chi connectivity index (χ4v) is 5.74. The predicted molar refractivity (Wildman–Crippen MR) is 122 cm³/mol. The summed E-state index contributed by atoms with van der Waals surface area (Å²) in [5.74, 6) is 1.01. The third-order valence-corrected chi connectivity index (χ3v) is 7.29. The van der Waals surface area contributed by atoms with Gasteiger partial charge in [-0.25, -0.2) is 9.78 Å². The molecule has 1 aliphatic carbocycles. The lowest BCUT2D eigenvalue weighted by molar-refractivity contribution is -0.00294. The average Bonchev–Trinajstić information content (AvgIpc) is 3.43. The first kappa shape index (κ1) is 22.0. The predicted octanol–water partition coefficient (Wildman–Crippen LogP) is 3.37. The second kappa shape index (κ2) is 9.08. The molecule has 3 aliphatic rings. The molecule has 4 heterocycles. The summed E-state index contributed by atoms with van der Waals surface area (Å²) in [4.78, 5) is 23.4. The van der Waals surface area contributed by atoms with Gasteiger partial charge in [-0.3, -0.25) is 4.90 Å². The monoisotopic (exact) mass is 444 g/mol. The van der Waals surface area contributed by atoms with Crippen LogP contribution >= 0.6 is 11.7 Å². The van der Waals surface area contributed by atoms with Gasteiger partial charge in [-0.1, -0.05) is 7.43 Å². The number of carbonyl (C=O) groups is 1. The first-order valence-electron chi connectivity index (χ1n) is 10.8. The summed E-state index contributed by atoms with van der Waals surface area (Å²) < 4.78 is 13.7. The first-order chi connectivity index (χ1) is 14.7. The van der Waals surface area contributed by atoms with Gasteiger partial charge < -0.3 is 14.5 Å². The van der Waals surface area contributed by atoms with Crippen molar-refractivity contribution in [1.29, 1.82) is 0 Å². The molecule has 1 spiro atoms. The molecular weight excluding hydrogens is 412 g/mol. The third-order valence-electron chi connectivity index (χ3n) is 6.81. The third kappa shape index (κ3) is 4.25. The molecule has 168 valence electrons. The van der Waals surface area contributed by atoms with Crippen LogP contribution in [0.4, 0.5) is 10.6 Å². The molecule has 2 aromatic heterocycles. The van der Waals surface area contributed by atoms with Gasteiger partial charge in [-0.05, 0) is 38.3 Å². The minimum atomic E-state index is -0.151. The zero-order valence-corrected chi connectivity index (χ0v) is 18.2. The molecule has 0 aromatic carbocycles. The van der Waals surface area contributed by atoms with Crippen molar-refractivity contribution in [1.82, 2.24) is 23.5 Å². The van der Waals surface area contributed by atoms with Gasteiger partial charge in [-0.15, -0.1) is 0 Å². The fourth-order valence-electron chi connectivity index (χ4n) is 5.31. The van der Waals surface area contributed by atoms with Gasteiger partial charge in [0, 0.05) is 62.5 Å². The number of carbonyl (C=O) groups excluding carboxylic acids is 1. The smallest absolute Gasteiger partial charge is 0.409 e. The van der Waals surface area contributed by atoms with E-state index in [1.165, 1.54) is 31.0 Å². The SMILES string of the molecule is C.CCOC(=O)N1CC2(CCC(N3CCN(c4ncccc4-c4cnsn4)CC3)C2)C1. The van der Waals surface area contributed by atoms with E-state index in [4.69, 9.17) is 4.74 Å². The largest absolute Gasteiger partial charge is 0.450 e. The number of aromatic nitrogens is 3. The Morgan fingerprint density at radius 1 is 1.29 bits per heavy atom. The van der Waals surface area contributed by atoms with Gasteiger partial charge in [0.15, 0.2) is 0 Å². The Hall–Kier alpha value is -2.26. The molecule has 8 nitrogen and oxygen atoms in total. The molecule has 2 saturated heterocycles. The number of anilines is 1. The molecule has 1 saturated carbocycles. The maximum Gasteiger partial charge on any atom is 0.409 e. The highest BCUT2D eigenvalue weighted by molar-refractivity contribution is 6.99. The van der Waals surface area contributed by atoms with Crippen LogP contribution in [-0.2, 0) is 4.74 Å². The van der Waals surface area contributed by atoms with Crippen LogP contribution in [0.3, 0.4) is 0 Å². The maximum atomic E-state index is 11.9. The summed E-state index contributed by atoms with van der Waals surface area (Å²) in [6, 6.07) is 4.67. The molecule has 1 amide bonds. The van der Waals surface area contributed by atoms with E-state index in [9.17, 15) is 4.79 Å². The molecular formula is C22H32N6O2S. The van der Waals surface area contributed by atoms with E-state index in [2.05, 4.69) is 29.6 Å². The Kier molecular flexibility index (Phi) is 6.43. The number of nitrogens with zero attached hydrogens (tertiary/aromatic N) is 6. The molecule has 3 fully saturated rings. The van der Waals surface area contributed by atoms with Crippen LogP contribution in [0.15, 0.2) is 24.5 Å². The number of hydrogen-bond donors (Lipinski definition) is 0. The molecule has 31 heavy (non-hydrogen) atoms. The Morgan fingerprint density at radius 3 is 2.81 bits per heavy atom. The van der Waals surface area contributed by atoms with Crippen molar-refractivity contribution in [2.45, 2.75) is 39.7 Å². The highest BCUT2D eigenvalue weighted by Crippen LogP contribution is 2.47. The quantitative estimate of drug-likeness (QED) is 0.716. The molecule has 5 rings (SSSR count). The Balaban J connectivity index is 0.00000231. The lowest BCUT2D eigenvalue weighted by Crippen LogP contribution is -2.58. The first-order valence-corrected chi connectivity index (χ1v) is 11.5. The number of rotatable bonds is 4. The van der Waals surface area contributed by atoms with Crippen LogP contribution in [0.25, 0.3) is 11.3 Å². The molecule has 1 atom stereocenters. The van der Waals surface area contributed by atoms with E-state index in [1.54, 1.807) is 0 Å². The summed E-state index contributed by atoms with van der Waals surface area (Å²) >= 11 is 1.23. The summed E-state index contributed by atoms with van der Waals surface area (Å²) in [5, 5.41) is 0. The molecule has 0 radical (unpaired) electrons. The number of hydrogen-bond acceptors (Lipinski definition) is 8. The number of piperazine rings is 1. The van der Waals surface area contributed by atoms with Gasteiger partial charge in [0.2, 0.25) is 0 Å². The van der Waals surface area contributed by atoms with E-state index in [0.717, 1.165) is 56.3 Å². The lowest BCUT2D eigenvalue weighted by Gasteiger charge is -2.48. The number of ether oxygens (including phenoxy) is 1. The number of likely N-dealkylation sites (tertiary alicyclic amines) is 1. The zero-order chi connectivity index (χ0) is 20.6. The van der Waals surface area contributed by atoms with Crippen molar-refractivity contribution in [2.24, 2.45) is 5.41 Å². The molecule has 2 aromatic rings. The zero-order valence-electron chi connectivity index (χ0n) is 17.4. The van der Waals surface area contributed by atoms with Crippen LogP contribution in [0.2, 0.25) is 0 Å². The highest BCUT2D eigenvalue weighted by atomic mass is 32.1. The van der Waals surface area contributed by atoms with E-state index in [1.807, 2.05) is 30.3 Å². The van der Waals surface area contributed by atoms with E-state index in [-0.39, 0.29) is 13.5 Å². The van der Waals surface area contributed by atoms with Crippen LogP contribution < -0.4 is 4.90 Å². The van der Waals surface area contributed by atoms with Crippen LogP contribution in [-0.4, -0.2) is 81.5 Å². The lowest BCUT2D eigenvalue weighted by atomic mass is 9.78. The minimum absolute atomic E-state index is 0. The number of pyridine rings is 1. The van der Waals surface area contributed by atoms with Crippen molar-refractivity contribution in [3.8, 4) is 11.3 Å². The fraction of sp³-hybridized carbons (Fsp3) is 0.636. The van der Waals surface area contributed by atoms with Crippen LogP contribution in [0.5, 0.6) is 0 Å². The van der Waals surface area contributed by atoms with E-state index in [0.29, 0.717) is 18.1 Å². The van der Waals surface area contributed by atoms with Crippen molar-refractivity contribution >= 4 is 23.6 Å². The van der Waals surface area contributed by atoms with Crippen molar-refractivity contribution in [3.63, 3.8) is 0 Å². The Labute approximate surface area is 188 Å². The molecule has 0 bridgehead atoms. The van der Waals surface area contributed by atoms with E-state index >= 15 is 0 Å². The molecule has 2 aliphatic heterocycles. The highest BCUT2D eigenvalue weighted by Gasteiger charge is 2.51. The Bertz CT molecular complexity index is 878. The van der Waals surface area contributed by atoms with Crippen molar-refractivity contribution in [2.75, 3.05) is 50.8 Å². The van der Waals surface area contributed by atoms with Gasteiger partial charge in [0.25, 0.3) is 0 Å². The van der Waals surface area contributed by atoms with Crippen LogP contribution in [0.1, 0.15) is 33.6 Å². The normalized spacial score (nSPS) is 22.8. The second-order valence-corrected chi connectivity index (χ2v) is 9.20.